The molecule has 0 aliphatic carbocycles. The standard InChI is InChI=1S/C14H14BrN3/c15-9-10-1-3-11(4-2-10)12-5-7-13(8-6-12)18-14(16)17/h1-8H,9H2,(H4,16,17,18). The Balaban J connectivity index is 2.20. The van der Waals surface area contributed by atoms with Gasteiger partial charge in [-0.2, -0.15) is 0 Å². The third kappa shape index (κ3) is 3.11. The second kappa shape index (κ2) is 5.69. The first-order valence-electron chi connectivity index (χ1n) is 5.55. The molecule has 2 aromatic carbocycles. The van der Waals surface area contributed by atoms with Crippen LogP contribution in [0.3, 0.4) is 0 Å². The van der Waals surface area contributed by atoms with Gasteiger partial charge < -0.3 is 11.1 Å². The van der Waals surface area contributed by atoms with Crippen LogP contribution in [0.15, 0.2) is 48.5 Å². The molecule has 18 heavy (non-hydrogen) atoms. The molecule has 3 nitrogen and oxygen atoms in total. The van der Waals surface area contributed by atoms with E-state index in [9.17, 15) is 0 Å². The van der Waals surface area contributed by atoms with Crippen molar-refractivity contribution in [3.63, 3.8) is 0 Å². The fourth-order valence-electron chi connectivity index (χ4n) is 1.69. The highest BCUT2D eigenvalue weighted by Crippen LogP contribution is 2.22. The van der Waals surface area contributed by atoms with Gasteiger partial charge >= 0.3 is 0 Å². The zero-order valence-corrected chi connectivity index (χ0v) is 11.4. The third-order valence-corrected chi connectivity index (χ3v) is 3.25. The first-order chi connectivity index (χ1) is 8.69. The fraction of sp³-hybridized carbons (Fsp3) is 0.0714. The van der Waals surface area contributed by atoms with Gasteiger partial charge in [0.2, 0.25) is 0 Å². The summed E-state index contributed by atoms with van der Waals surface area (Å²) in [5, 5.41) is 10.8. The minimum Gasteiger partial charge on any atom is -0.370 e. The Labute approximate surface area is 115 Å². The second-order valence-electron chi connectivity index (χ2n) is 3.95. The molecule has 4 N–H and O–H groups in total. The SMILES string of the molecule is N=C(N)Nc1ccc(-c2ccc(CBr)cc2)cc1. The van der Waals surface area contributed by atoms with E-state index in [2.05, 4.69) is 45.5 Å². The average Bonchev–Trinajstić information content (AvgIpc) is 2.39. The molecule has 2 rings (SSSR count). The van der Waals surface area contributed by atoms with Crippen LogP contribution in [0.4, 0.5) is 5.69 Å². The number of alkyl halides is 1. The van der Waals surface area contributed by atoms with Crippen LogP contribution < -0.4 is 11.1 Å². The van der Waals surface area contributed by atoms with Crippen molar-refractivity contribution in [1.82, 2.24) is 0 Å². The number of guanidine groups is 1. The van der Waals surface area contributed by atoms with Crippen LogP contribution in [-0.4, -0.2) is 5.96 Å². The summed E-state index contributed by atoms with van der Waals surface area (Å²) >= 11 is 3.43. The van der Waals surface area contributed by atoms with E-state index in [1.165, 1.54) is 11.1 Å². The summed E-state index contributed by atoms with van der Waals surface area (Å²) in [6.07, 6.45) is 0. The molecule has 0 aromatic heterocycles. The Hall–Kier alpha value is -1.81. The topological polar surface area (TPSA) is 61.9 Å². The molecule has 0 radical (unpaired) electrons. The smallest absolute Gasteiger partial charge is 0.190 e. The van der Waals surface area contributed by atoms with Gasteiger partial charge in [-0.05, 0) is 28.8 Å². The van der Waals surface area contributed by atoms with Crippen molar-refractivity contribution in [3.8, 4) is 11.1 Å². The first kappa shape index (κ1) is 12.6. The van der Waals surface area contributed by atoms with E-state index < -0.39 is 0 Å². The number of hydrogen-bond donors (Lipinski definition) is 3. The minimum atomic E-state index is -0.0515. The first-order valence-corrected chi connectivity index (χ1v) is 6.67. The van der Waals surface area contributed by atoms with Crippen molar-refractivity contribution < 1.29 is 0 Å². The Morgan fingerprint density at radius 2 is 1.50 bits per heavy atom. The van der Waals surface area contributed by atoms with Crippen molar-refractivity contribution in [2.45, 2.75) is 5.33 Å². The maximum absolute atomic E-state index is 7.16. The minimum absolute atomic E-state index is 0.0515. The Morgan fingerprint density at radius 3 is 1.94 bits per heavy atom. The van der Waals surface area contributed by atoms with Crippen molar-refractivity contribution in [1.29, 1.82) is 5.41 Å². The average molecular weight is 304 g/mol. The van der Waals surface area contributed by atoms with Crippen LogP contribution in [-0.2, 0) is 5.33 Å². The predicted octanol–water partition coefficient (Wildman–Crippen LogP) is 3.55. The van der Waals surface area contributed by atoms with Crippen LogP contribution in [0.25, 0.3) is 11.1 Å². The molecule has 92 valence electrons. The molecule has 0 saturated carbocycles. The molecule has 0 fully saturated rings. The normalized spacial score (nSPS) is 10.1. The molecule has 0 spiro atoms. The van der Waals surface area contributed by atoms with Gasteiger partial charge in [-0.25, -0.2) is 0 Å². The lowest BCUT2D eigenvalue weighted by Crippen LogP contribution is -2.20. The molecular weight excluding hydrogens is 290 g/mol. The molecular formula is C14H14BrN3. The van der Waals surface area contributed by atoms with Gasteiger partial charge in [0.05, 0.1) is 0 Å². The van der Waals surface area contributed by atoms with Crippen molar-refractivity contribution >= 4 is 27.6 Å². The predicted molar refractivity (Wildman–Crippen MR) is 80.0 cm³/mol. The lowest BCUT2D eigenvalue weighted by Gasteiger charge is -2.06. The van der Waals surface area contributed by atoms with E-state index in [4.69, 9.17) is 11.1 Å². The summed E-state index contributed by atoms with van der Waals surface area (Å²) in [4.78, 5) is 0. The molecule has 0 bridgehead atoms. The summed E-state index contributed by atoms with van der Waals surface area (Å²) in [6.45, 7) is 0. The van der Waals surface area contributed by atoms with Crippen molar-refractivity contribution in [3.05, 3.63) is 54.1 Å². The maximum Gasteiger partial charge on any atom is 0.190 e. The molecule has 0 saturated heterocycles. The molecule has 0 heterocycles. The zero-order valence-electron chi connectivity index (χ0n) is 9.78. The van der Waals surface area contributed by atoms with Crippen LogP contribution in [0, 0.1) is 5.41 Å². The molecule has 4 heteroatoms. The fourth-order valence-corrected chi connectivity index (χ4v) is 2.06. The van der Waals surface area contributed by atoms with Gasteiger partial charge in [-0.1, -0.05) is 52.3 Å². The Morgan fingerprint density at radius 1 is 1.00 bits per heavy atom. The number of nitrogens with one attached hydrogen (secondary N) is 2. The van der Waals surface area contributed by atoms with Crippen LogP contribution >= 0.6 is 15.9 Å². The summed E-state index contributed by atoms with van der Waals surface area (Å²) in [7, 11) is 0. The van der Waals surface area contributed by atoms with Gasteiger partial charge in [0.1, 0.15) is 0 Å². The lowest BCUT2D eigenvalue weighted by atomic mass is 10.0. The molecule has 0 atom stereocenters. The van der Waals surface area contributed by atoms with Gasteiger partial charge in [0.15, 0.2) is 5.96 Å². The monoisotopic (exact) mass is 303 g/mol. The molecule has 0 unspecified atom stereocenters. The van der Waals surface area contributed by atoms with E-state index in [1.807, 2.05) is 24.3 Å². The Bertz CT molecular complexity index is 532. The number of benzene rings is 2. The highest BCUT2D eigenvalue weighted by molar-refractivity contribution is 9.08. The number of rotatable bonds is 3. The zero-order chi connectivity index (χ0) is 13.0. The van der Waals surface area contributed by atoms with E-state index in [0.29, 0.717) is 0 Å². The summed E-state index contributed by atoms with van der Waals surface area (Å²) < 4.78 is 0. The van der Waals surface area contributed by atoms with Crippen LogP contribution in [0.1, 0.15) is 5.56 Å². The van der Waals surface area contributed by atoms with Gasteiger partial charge in [-0.15, -0.1) is 0 Å². The number of hydrogen-bond acceptors (Lipinski definition) is 1. The summed E-state index contributed by atoms with van der Waals surface area (Å²) in [6, 6.07) is 16.2. The molecule has 0 aliphatic heterocycles. The highest BCUT2D eigenvalue weighted by atomic mass is 79.9. The number of nitrogens with two attached hydrogens (primary N) is 1. The van der Waals surface area contributed by atoms with Gasteiger partial charge in [0.25, 0.3) is 0 Å². The molecule has 0 aliphatic rings. The van der Waals surface area contributed by atoms with Gasteiger partial charge in [-0.3, -0.25) is 5.41 Å². The number of halogens is 1. The maximum atomic E-state index is 7.16. The highest BCUT2D eigenvalue weighted by Gasteiger charge is 1.99. The largest absolute Gasteiger partial charge is 0.370 e. The van der Waals surface area contributed by atoms with E-state index >= 15 is 0 Å². The van der Waals surface area contributed by atoms with E-state index in [-0.39, 0.29) is 5.96 Å². The molecule has 0 amide bonds. The second-order valence-corrected chi connectivity index (χ2v) is 4.51. The lowest BCUT2D eigenvalue weighted by molar-refractivity contribution is 1.41. The summed E-state index contributed by atoms with van der Waals surface area (Å²) in [5.41, 5.74) is 9.67. The van der Waals surface area contributed by atoms with Crippen molar-refractivity contribution in [2.75, 3.05) is 5.32 Å². The van der Waals surface area contributed by atoms with E-state index in [0.717, 1.165) is 16.6 Å². The van der Waals surface area contributed by atoms with E-state index in [1.54, 1.807) is 0 Å². The number of anilines is 1. The third-order valence-electron chi connectivity index (χ3n) is 2.61. The Kier molecular flexibility index (Phi) is 3.99. The van der Waals surface area contributed by atoms with Gasteiger partial charge in [0, 0.05) is 11.0 Å². The molecule has 2 aromatic rings. The van der Waals surface area contributed by atoms with Crippen molar-refractivity contribution in [2.24, 2.45) is 5.73 Å². The van der Waals surface area contributed by atoms with Crippen LogP contribution in [0.5, 0.6) is 0 Å². The quantitative estimate of drug-likeness (QED) is 0.461. The van der Waals surface area contributed by atoms with Crippen LogP contribution in [0.2, 0.25) is 0 Å². The summed E-state index contributed by atoms with van der Waals surface area (Å²) in [5.74, 6) is -0.0515.